The Morgan fingerprint density at radius 1 is 1.32 bits per heavy atom. The second kappa shape index (κ2) is 7.68. The fourth-order valence-electron chi connectivity index (χ4n) is 2.29. The van der Waals surface area contributed by atoms with Crippen molar-refractivity contribution in [2.75, 3.05) is 23.8 Å². The highest BCUT2D eigenvalue weighted by Gasteiger charge is 2.11. The molecule has 0 bridgehead atoms. The van der Waals surface area contributed by atoms with Gasteiger partial charge in [0, 0.05) is 11.8 Å². The van der Waals surface area contributed by atoms with Gasteiger partial charge >= 0.3 is 0 Å². The van der Waals surface area contributed by atoms with Gasteiger partial charge in [-0.15, -0.1) is 11.3 Å². The molecule has 0 atom stereocenters. The van der Waals surface area contributed by atoms with Gasteiger partial charge in [0.15, 0.2) is 10.9 Å². The van der Waals surface area contributed by atoms with E-state index in [1.807, 2.05) is 43.5 Å². The first-order chi connectivity index (χ1) is 12.2. The number of ether oxygens (including phenoxy) is 1. The van der Waals surface area contributed by atoms with Gasteiger partial charge in [-0.05, 0) is 43.0 Å². The van der Waals surface area contributed by atoms with E-state index in [-0.39, 0.29) is 0 Å². The Labute approximate surface area is 149 Å². The summed E-state index contributed by atoms with van der Waals surface area (Å²) in [5.74, 6) is 1.85. The number of nitrogens with zero attached hydrogens (tertiary/aromatic N) is 3. The first-order valence-electron chi connectivity index (χ1n) is 7.76. The van der Waals surface area contributed by atoms with E-state index in [0.717, 1.165) is 16.3 Å². The molecule has 0 saturated heterocycles. The van der Waals surface area contributed by atoms with Crippen LogP contribution in [0.2, 0.25) is 0 Å². The molecule has 3 heterocycles. The summed E-state index contributed by atoms with van der Waals surface area (Å²) in [6.45, 7) is 4.84. The zero-order valence-electron chi connectivity index (χ0n) is 14.0. The molecule has 8 heteroatoms. The van der Waals surface area contributed by atoms with Gasteiger partial charge in [0.25, 0.3) is 0 Å². The fraction of sp³-hybridized carbons (Fsp3) is 0.235. The summed E-state index contributed by atoms with van der Waals surface area (Å²) in [6, 6.07) is 9.78. The van der Waals surface area contributed by atoms with E-state index >= 15 is 0 Å². The number of H-pyrrole nitrogens is 1. The number of hydrogen-bond acceptors (Lipinski definition) is 7. The van der Waals surface area contributed by atoms with Gasteiger partial charge < -0.3 is 15.4 Å². The minimum atomic E-state index is 0.488. The Kier molecular flexibility index (Phi) is 5.16. The molecule has 7 nitrogen and oxygen atoms in total. The van der Waals surface area contributed by atoms with Crippen LogP contribution in [0.25, 0.3) is 0 Å². The van der Waals surface area contributed by atoms with Gasteiger partial charge in [-0.2, -0.15) is 10.4 Å². The molecule has 3 rings (SSSR count). The molecular formula is C17H18N6OS. The average Bonchev–Trinajstić information content (AvgIpc) is 3.23. The molecule has 3 N–H and O–H groups in total. The minimum Gasteiger partial charge on any atom is -0.482 e. The maximum atomic E-state index is 9.39. The number of rotatable bonds is 7. The van der Waals surface area contributed by atoms with E-state index in [1.165, 1.54) is 0 Å². The second-order valence-electron chi connectivity index (χ2n) is 5.43. The summed E-state index contributed by atoms with van der Waals surface area (Å²) >= 11 is 1.55. The normalized spacial score (nSPS) is 10.3. The molecule has 128 valence electrons. The van der Waals surface area contributed by atoms with Crippen LogP contribution < -0.4 is 15.4 Å². The largest absolute Gasteiger partial charge is 0.482 e. The number of aromatic amines is 1. The van der Waals surface area contributed by atoms with Crippen molar-refractivity contribution in [3.8, 4) is 11.1 Å². The summed E-state index contributed by atoms with van der Waals surface area (Å²) in [5, 5.41) is 25.6. The molecule has 3 aromatic heterocycles. The van der Waals surface area contributed by atoms with Crippen molar-refractivity contribution in [2.45, 2.75) is 13.8 Å². The number of hydrogen-bond donors (Lipinski definition) is 3. The summed E-state index contributed by atoms with van der Waals surface area (Å²) in [6.07, 6.45) is 0. The van der Waals surface area contributed by atoms with Crippen molar-refractivity contribution < 1.29 is 4.74 Å². The van der Waals surface area contributed by atoms with Crippen LogP contribution in [0, 0.1) is 25.2 Å². The lowest BCUT2D eigenvalue weighted by molar-refractivity contribution is 0.342. The number of pyridine rings is 1. The third-order valence-electron chi connectivity index (χ3n) is 3.42. The van der Waals surface area contributed by atoms with Crippen LogP contribution in [-0.2, 0) is 0 Å². The lowest BCUT2D eigenvalue weighted by Gasteiger charge is -2.12. The van der Waals surface area contributed by atoms with Gasteiger partial charge in [-0.1, -0.05) is 0 Å². The van der Waals surface area contributed by atoms with Crippen LogP contribution >= 0.6 is 11.3 Å². The highest BCUT2D eigenvalue weighted by Crippen LogP contribution is 2.23. The van der Waals surface area contributed by atoms with Crippen LogP contribution in [-0.4, -0.2) is 28.3 Å². The molecule has 0 aromatic carbocycles. The van der Waals surface area contributed by atoms with Gasteiger partial charge in [-0.3, -0.25) is 5.10 Å². The summed E-state index contributed by atoms with van der Waals surface area (Å²) in [5.41, 5.74) is 2.32. The molecule has 0 unspecified atom stereocenters. The molecule has 0 radical (unpaired) electrons. The minimum absolute atomic E-state index is 0.488. The van der Waals surface area contributed by atoms with Crippen LogP contribution in [0.1, 0.15) is 16.8 Å². The van der Waals surface area contributed by atoms with E-state index in [1.54, 1.807) is 11.3 Å². The van der Waals surface area contributed by atoms with Crippen LogP contribution in [0.3, 0.4) is 0 Å². The van der Waals surface area contributed by atoms with Crippen molar-refractivity contribution in [1.82, 2.24) is 15.2 Å². The molecule has 0 fully saturated rings. The topological polar surface area (TPSA) is 98.7 Å². The Hall–Kier alpha value is -3.05. The molecule has 0 amide bonds. The standard InChI is InChI=1S/C17H18N6OS/c1-11-8-14(20-15-9-12(2)22-23-15)21-17(13(11)10-18)19-5-6-24-16-4-3-7-25-16/h3-4,7-9H,5-6H2,1-2H3,(H3,19,20,21,22,23). The second-order valence-corrected chi connectivity index (χ2v) is 6.34. The molecule has 0 aliphatic heterocycles. The van der Waals surface area contributed by atoms with Crippen LogP contribution in [0.4, 0.5) is 17.5 Å². The molecule has 0 spiro atoms. The summed E-state index contributed by atoms with van der Waals surface area (Å²) in [7, 11) is 0. The Bertz CT molecular complexity index is 881. The molecular weight excluding hydrogens is 336 g/mol. The van der Waals surface area contributed by atoms with E-state index in [0.29, 0.717) is 36.2 Å². The Morgan fingerprint density at radius 3 is 2.88 bits per heavy atom. The van der Waals surface area contributed by atoms with Crippen molar-refractivity contribution in [3.05, 3.63) is 46.5 Å². The van der Waals surface area contributed by atoms with Crippen molar-refractivity contribution in [3.63, 3.8) is 0 Å². The van der Waals surface area contributed by atoms with Crippen molar-refractivity contribution >= 4 is 28.8 Å². The molecule has 0 aliphatic rings. The third-order valence-corrected chi connectivity index (χ3v) is 4.20. The number of nitrogens with one attached hydrogen (secondary N) is 3. The number of thiophene rings is 1. The smallest absolute Gasteiger partial charge is 0.173 e. The Morgan fingerprint density at radius 2 is 2.20 bits per heavy atom. The van der Waals surface area contributed by atoms with Gasteiger partial charge in [0.2, 0.25) is 0 Å². The van der Waals surface area contributed by atoms with E-state index < -0.39 is 0 Å². The maximum Gasteiger partial charge on any atom is 0.173 e. The molecule has 3 aromatic rings. The van der Waals surface area contributed by atoms with E-state index in [9.17, 15) is 5.26 Å². The third kappa shape index (κ3) is 4.28. The Balaban J connectivity index is 1.69. The first-order valence-corrected chi connectivity index (χ1v) is 8.64. The van der Waals surface area contributed by atoms with Gasteiger partial charge in [-0.25, -0.2) is 4.98 Å². The number of aryl methyl sites for hydroxylation is 2. The quantitative estimate of drug-likeness (QED) is 0.561. The molecule has 0 saturated carbocycles. The maximum absolute atomic E-state index is 9.39. The number of anilines is 3. The predicted molar refractivity (Wildman–Crippen MR) is 98.6 cm³/mol. The molecule has 0 aliphatic carbocycles. The zero-order chi connectivity index (χ0) is 17.6. The lowest BCUT2D eigenvalue weighted by Crippen LogP contribution is -2.14. The van der Waals surface area contributed by atoms with E-state index in [2.05, 4.69) is 31.9 Å². The monoisotopic (exact) mass is 354 g/mol. The number of aromatic nitrogens is 3. The van der Waals surface area contributed by atoms with Crippen LogP contribution in [0.15, 0.2) is 29.6 Å². The highest BCUT2D eigenvalue weighted by molar-refractivity contribution is 7.11. The lowest BCUT2D eigenvalue weighted by atomic mass is 10.1. The van der Waals surface area contributed by atoms with E-state index in [4.69, 9.17) is 4.74 Å². The van der Waals surface area contributed by atoms with Gasteiger partial charge in [0.05, 0.1) is 12.1 Å². The van der Waals surface area contributed by atoms with Crippen LogP contribution in [0.5, 0.6) is 5.06 Å². The zero-order valence-corrected chi connectivity index (χ0v) is 14.8. The predicted octanol–water partition coefficient (Wildman–Crippen LogP) is 3.59. The average molecular weight is 354 g/mol. The SMILES string of the molecule is Cc1cc(Nc2cc(C)c(C#N)c(NCCOc3cccs3)n2)n[nH]1. The molecule has 25 heavy (non-hydrogen) atoms. The number of nitriles is 1. The summed E-state index contributed by atoms with van der Waals surface area (Å²) < 4.78 is 5.62. The fourth-order valence-corrected chi connectivity index (χ4v) is 2.89. The van der Waals surface area contributed by atoms with Gasteiger partial charge in [0.1, 0.15) is 24.3 Å². The summed E-state index contributed by atoms with van der Waals surface area (Å²) in [4.78, 5) is 4.49. The van der Waals surface area contributed by atoms with Crippen molar-refractivity contribution in [2.24, 2.45) is 0 Å². The highest BCUT2D eigenvalue weighted by atomic mass is 32.1. The first kappa shape index (κ1) is 16.8. The van der Waals surface area contributed by atoms with Crippen molar-refractivity contribution in [1.29, 1.82) is 5.26 Å².